The maximum Gasteiger partial charge on any atom is 0.416 e. The molecule has 1 N–H and O–H groups in total. The predicted octanol–water partition coefficient (Wildman–Crippen LogP) is 7.58. The number of carbonyl (C=O) groups is 1. The summed E-state index contributed by atoms with van der Waals surface area (Å²) < 4.78 is 87.9. The molecule has 0 radical (unpaired) electrons. The van der Waals surface area contributed by atoms with Gasteiger partial charge in [0.1, 0.15) is 5.75 Å². The zero-order valence-corrected chi connectivity index (χ0v) is 21.3. The number of nitrogens with one attached hydrogen (secondary N) is 1. The second-order valence-corrected chi connectivity index (χ2v) is 9.30. The molecule has 0 heterocycles. The first kappa shape index (κ1) is 28.7. The van der Waals surface area contributed by atoms with Crippen molar-refractivity contribution in [3.8, 4) is 5.75 Å². The van der Waals surface area contributed by atoms with E-state index in [1.807, 2.05) is 0 Å². The Balaban J connectivity index is 1.92. The van der Waals surface area contributed by atoms with Gasteiger partial charge < -0.3 is 10.1 Å². The van der Waals surface area contributed by atoms with Crippen LogP contribution in [0.2, 0.25) is 0 Å². The van der Waals surface area contributed by atoms with Crippen molar-refractivity contribution in [3.05, 3.63) is 137 Å². The van der Waals surface area contributed by atoms with E-state index in [1.165, 1.54) is 31.4 Å². The Morgan fingerprint density at radius 1 is 0.650 bits per heavy atom. The van der Waals surface area contributed by atoms with E-state index < -0.39 is 34.9 Å². The first-order valence-electron chi connectivity index (χ1n) is 12.2. The zero-order chi connectivity index (χ0) is 29.0. The van der Waals surface area contributed by atoms with Crippen molar-refractivity contribution in [2.75, 3.05) is 7.11 Å². The third-order valence-corrected chi connectivity index (χ3v) is 6.53. The van der Waals surface area contributed by atoms with E-state index in [9.17, 15) is 31.1 Å². The summed E-state index contributed by atoms with van der Waals surface area (Å²) in [6.07, 6.45) is -9.73. The normalized spacial score (nSPS) is 12.2. The molecule has 0 saturated heterocycles. The number of carbonyl (C=O) groups excluding carboxylic acids is 1. The molecule has 40 heavy (non-hydrogen) atoms. The van der Waals surface area contributed by atoms with Gasteiger partial charge in [-0.1, -0.05) is 66.7 Å². The molecule has 0 bridgehead atoms. The lowest BCUT2D eigenvalue weighted by Gasteiger charge is -2.37. The quantitative estimate of drug-likeness (QED) is 0.227. The summed E-state index contributed by atoms with van der Waals surface area (Å²) >= 11 is 0. The van der Waals surface area contributed by atoms with Gasteiger partial charge in [0.25, 0.3) is 0 Å². The van der Waals surface area contributed by atoms with Gasteiger partial charge in [-0.25, -0.2) is 0 Å². The Kier molecular flexibility index (Phi) is 8.23. The van der Waals surface area contributed by atoms with E-state index in [4.69, 9.17) is 4.74 Å². The van der Waals surface area contributed by atoms with Crippen LogP contribution < -0.4 is 10.1 Å². The van der Waals surface area contributed by atoms with Crippen LogP contribution in [0.3, 0.4) is 0 Å². The Hall–Kier alpha value is -4.27. The van der Waals surface area contributed by atoms with Gasteiger partial charge in [0, 0.05) is 6.42 Å². The molecule has 0 aliphatic rings. The van der Waals surface area contributed by atoms with Crippen LogP contribution in [0.4, 0.5) is 26.3 Å². The number of hydrogen-bond donors (Lipinski definition) is 1. The van der Waals surface area contributed by atoms with Crippen LogP contribution in [0.1, 0.15) is 33.4 Å². The molecule has 0 spiro atoms. The molecule has 9 heteroatoms. The lowest BCUT2D eigenvalue weighted by atomic mass is 9.76. The Labute approximate surface area is 227 Å². The van der Waals surface area contributed by atoms with Crippen LogP contribution >= 0.6 is 0 Å². The zero-order valence-electron chi connectivity index (χ0n) is 21.3. The molecule has 4 rings (SSSR count). The molecule has 0 saturated carbocycles. The highest BCUT2D eigenvalue weighted by Crippen LogP contribution is 2.39. The number of ether oxygens (including phenoxy) is 1. The second kappa shape index (κ2) is 11.5. The maximum absolute atomic E-state index is 13.8. The molecule has 4 aromatic rings. The van der Waals surface area contributed by atoms with Crippen molar-refractivity contribution in [2.24, 2.45) is 0 Å². The van der Waals surface area contributed by atoms with Gasteiger partial charge in [-0.3, -0.25) is 4.79 Å². The second-order valence-electron chi connectivity index (χ2n) is 9.30. The van der Waals surface area contributed by atoms with E-state index in [-0.39, 0.29) is 24.0 Å². The van der Waals surface area contributed by atoms with Crippen molar-refractivity contribution in [1.82, 2.24) is 5.32 Å². The van der Waals surface area contributed by atoms with Crippen molar-refractivity contribution >= 4 is 5.91 Å². The van der Waals surface area contributed by atoms with E-state index >= 15 is 0 Å². The van der Waals surface area contributed by atoms with Crippen molar-refractivity contribution in [1.29, 1.82) is 0 Å². The Morgan fingerprint density at radius 2 is 1.15 bits per heavy atom. The standard InChI is InChI=1S/C31H25F6NO2/c1-40-27-15-5-10-22(16-27)17-28(39)38-29(20-21-8-3-2-4-9-21,23-11-6-13-25(18-23)30(32,33)34)24-12-7-14-26(19-24)31(35,36)37/h2-16,18-19H,17,20H2,1H3,(H,38,39). The largest absolute Gasteiger partial charge is 0.497 e. The number of hydrogen-bond acceptors (Lipinski definition) is 2. The number of alkyl halides is 6. The molecule has 0 aliphatic heterocycles. The van der Waals surface area contributed by atoms with Crippen molar-refractivity contribution < 1.29 is 35.9 Å². The van der Waals surface area contributed by atoms with Gasteiger partial charge >= 0.3 is 12.4 Å². The summed E-state index contributed by atoms with van der Waals surface area (Å²) in [7, 11) is 1.46. The number of amides is 1. The smallest absolute Gasteiger partial charge is 0.416 e. The average molecular weight is 558 g/mol. The third kappa shape index (κ3) is 6.65. The first-order chi connectivity index (χ1) is 18.9. The van der Waals surface area contributed by atoms with Gasteiger partial charge in [-0.05, 0) is 58.7 Å². The van der Waals surface area contributed by atoms with Crippen LogP contribution in [-0.4, -0.2) is 13.0 Å². The number of benzene rings is 4. The van der Waals surface area contributed by atoms with Crippen LogP contribution in [0, 0.1) is 0 Å². The fourth-order valence-electron chi connectivity index (χ4n) is 4.63. The summed E-state index contributed by atoms with van der Waals surface area (Å²) in [5.74, 6) is -0.101. The summed E-state index contributed by atoms with van der Waals surface area (Å²) in [5, 5.41) is 2.84. The van der Waals surface area contributed by atoms with Crippen LogP contribution in [0.25, 0.3) is 0 Å². The molecule has 0 unspecified atom stereocenters. The minimum atomic E-state index is -4.72. The molecule has 208 valence electrons. The van der Waals surface area contributed by atoms with Crippen molar-refractivity contribution in [3.63, 3.8) is 0 Å². The molecule has 1 amide bonds. The van der Waals surface area contributed by atoms with Gasteiger partial charge in [0.2, 0.25) is 5.91 Å². The fraction of sp³-hybridized carbons (Fsp3) is 0.194. The van der Waals surface area contributed by atoms with Crippen LogP contribution in [-0.2, 0) is 35.5 Å². The highest BCUT2D eigenvalue weighted by atomic mass is 19.4. The molecule has 3 nitrogen and oxygen atoms in total. The maximum atomic E-state index is 13.8. The van der Waals surface area contributed by atoms with Crippen LogP contribution in [0.15, 0.2) is 103 Å². The van der Waals surface area contributed by atoms with Gasteiger partial charge in [0.05, 0.1) is 30.2 Å². The summed E-state index contributed by atoms with van der Waals surface area (Å²) in [6.45, 7) is 0. The molecule has 0 atom stereocenters. The Bertz CT molecular complexity index is 1410. The monoisotopic (exact) mass is 557 g/mol. The molecular formula is C31H25F6NO2. The fourth-order valence-corrected chi connectivity index (χ4v) is 4.63. The molecular weight excluding hydrogens is 532 g/mol. The number of halogens is 6. The summed E-state index contributed by atoms with van der Waals surface area (Å²) in [4.78, 5) is 13.5. The first-order valence-corrected chi connectivity index (χ1v) is 12.2. The third-order valence-electron chi connectivity index (χ3n) is 6.53. The molecule has 0 aliphatic carbocycles. The SMILES string of the molecule is COc1cccc(CC(=O)NC(Cc2ccccc2)(c2cccc(C(F)(F)F)c2)c2cccc(C(F)(F)F)c2)c1. The minimum absolute atomic E-state index is 0.00973. The van der Waals surface area contributed by atoms with Gasteiger partial charge in [-0.2, -0.15) is 26.3 Å². The van der Waals surface area contributed by atoms with E-state index in [0.29, 0.717) is 16.9 Å². The number of rotatable bonds is 8. The summed E-state index contributed by atoms with van der Waals surface area (Å²) in [6, 6.07) is 23.8. The summed E-state index contributed by atoms with van der Waals surface area (Å²) in [5.41, 5.74) is -2.63. The Morgan fingerprint density at radius 3 is 1.68 bits per heavy atom. The number of methoxy groups -OCH3 is 1. The lowest BCUT2D eigenvalue weighted by molar-refractivity contribution is -0.138. The van der Waals surface area contributed by atoms with E-state index in [2.05, 4.69) is 5.32 Å². The van der Waals surface area contributed by atoms with Gasteiger partial charge in [-0.15, -0.1) is 0 Å². The average Bonchev–Trinajstić information content (AvgIpc) is 2.92. The highest BCUT2D eigenvalue weighted by Gasteiger charge is 2.40. The molecule has 0 aromatic heterocycles. The highest BCUT2D eigenvalue weighted by molar-refractivity contribution is 5.80. The topological polar surface area (TPSA) is 38.3 Å². The van der Waals surface area contributed by atoms with Crippen LogP contribution in [0.5, 0.6) is 5.75 Å². The van der Waals surface area contributed by atoms with Crippen molar-refractivity contribution in [2.45, 2.75) is 30.7 Å². The van der Waals surface area contributed by atoms with Gasteiger partial charge in [0.15, 0.2) is 0 Å². The van der Waals surface area contributed by atoms with E-state index in [0.717, 1.165) is 24.3 Å². The minimum Gasteiger partial charge on any atom is -0.497 e. The van der Waals surface area contributed by atoms with E-state index in [1.54, 1.807) is 54.6 Å². The molecule has 4 aromatic carbocycles. The predicted molar refractivity (Wildman–Crippen MR) is 139 cm³/mol. The molecule has 0 fully saturated rings. The lowest BCUT2D eigenvalue weighted by Crippen LogP contribution is -2.49.